The van der Waals surface area contributed by atoms with Gasteiger partial charge in [0.1, 0.15) is 5.82 Å². The Morgan fingerprint density at radius 1 is 1.10 bits per heavy atom. The molecule has 4 rings (SSSR count). The lowest BCUT2D eigenvalue weighted by molar-refractivity contribution is 0.102. The molecule has 0 atom stereocenters. The summed E-state index contributed by atoms with van der Waals surface area (Å²) >= 11 is 6.15. The van der Waals surface area contributed by atoms with Gasteiger partial charge in [-0.25, -0.2) is 4.68 Å². The SMILES string of the molecule is Cc1ccc(CN2CCC(n3nccc3NC(=O)c3ccccc3Cl)CC2)cc1. The van der Waals surface area contributed by atoms with E-state index in [0.717, 1.165) is 32.5 Å². The number of carbonyl (C=O) groups is 1. The molecule has 1 N–H and O–H groups in total. The number of aryl methyl sites for hydroxylation is 1. The first-order valence-corrected chi connectivity index (χ1v) is 10.4. The molecule has 1 aromatic heterocycles. The zero-order valence-electron chi connectivity index (χ0n) is 16.5. The van der Waals surface area contributed by atoms with Gasteiger partial charge >= 0.3 is 0 Å². The molecule has 0 spiro atoms. The maximum Gasteiger partial charge on any atom is 0.258 e. The van der Waals surface area contributed by atoms with Crippen molar-refractivity contribution in [2.75, 3.05) is 18.4 Å². The molecule has 5 nitrogen and oxygen atoms in total. The van der Waals surface area contributed by atoms with Gasteiger partial charge in [-0.15, -0.1) is 0 Å². The van der Waals surface area contributed by atoms with Gasteiger partial charge < -0.3 is 5.32 Å². The van der Waals surface area contributed by atoms with E-state index < -0.39 is 0 Å². The maximum atomic E-state index is 12.6. The highest BCUT2D eigenvalue weighted by Gasteiger charge is 2.23. The van der Waals surface area contributed by atoms with Gasteiger partial charge in [0.15, 0.2) is 0 Å². The minimum Gasteiger partial charge on any atom is -0.307 e. The summed E-state index contributed by atoms with van der Waals surface area (Å²) in [5.74, 6) is 0.501. The van der Waals surface area contributed by atoms with Crippen LogP contribution in [0.4, 0.5) is 5.82 Å². The third kappa shape index (κ3) is 4.69. The van der Waals surface area contributed by atoms with Gasteiger partial charge in [-0.1, -0.05) is 53.6 Å². The van der Waals surface area contributed by atoms with Crippen LogP contribution in [0.3, 0.4) is 0 Å². The second-order valence-corrected chi connectivity index (χ2v) is 8.00. The molecule has 0 aliphatic carbocycles. The highest BCUT2D eigenvalue weighted by molar-refractivity contribution is 6.34. The molecule has 2 aromatic carbocycles. The Kier molecular flexibility index (Phi) is 5.97. The Morgan fingerprint density at radius 2 is 1.83 bits per heavy atom. The number of nitrogens with one attached hydrogen (secondary N) is 1. The van der Waals surface area contributed by atoms with Gasteiger partial charge in [0, 0.05) is 25.7 Å². The lowest BCUT2D eigenvalue weighted by atomic mass is 10.0. The molecular formula is C23H25ClN4O. The van der Waals surface area contributed by atoms with Crippen LogP contribution < -0.4 is 5.32 Å². The molecule has 3 aromatic rings. The highest BCUT2D eigenvalue weighted by atomic mass is 35.5. The number of anilines is 1. The molecule has 1 amide bonds. The van der Waals surface area contributed by atoms with Crippen molar-refractivity contribution in [1.29, 1.82) is 0 Å². The molecule has 1 aliphatic rings. The van der Waals surface area contributed by atoms with E-state index in [1.165, 1.54) is 11.1 Å². The van der Waals surface area contributed by atoms with Crippen molar-refractivity contribution < 1.29 is 4.79 Å². The Hall–Kier alpha value is -2.63. The van der Waals surface area contributed by atoms with Crippen LogP contribution in [0.25, 0.3) is 0 Å². The van der Waals surface area contributed by atoms with Crippen LogP contribution in [0.1, 0.15) is 40.4 Å². The zero-order valence-corrected chi connectivity index (χ0v) is 17.3. The molecule has 2 heterocycles. The predicted octanol–water partition coefficient (Wildman–Crippen LogP) is 4.93. The molecule has 150 valence electrons. The van der Waals surface area contributed by atoms with Crippen LogP contribution in [0.5, 0.6) is 0 Å². The summed E-state index contributed by atoms with van der Waals surface area (Å²) < 4.78 is 1.94. The average Bonchev–Trinajstić information content (AvgIpc) is 3.18. The van der Waals surface area contributed by atoms with Crippen molar-refractivity contribution in [2.45, 2.75) is 32.4 Å². The average molecular weight is 409 g/mol. The van der Waals surface area contributed by atoms with Crippen LogP contribution in [0, 0.1) is 6.92 Å². The number of nitrogens with zero attached hydrogens (tertiary/aromatic N) is 3. The molecular weight excluding hydrogens is 384 g/mol. The van der Waals surface area contributed by atoms with Crippen LogP contribution >= 0.6 is 11.6 Å². The third-order valence-corrected chi connectivity index (χ3v) is 5.79. The summed E-state index contributed by atoms with van der Waals surface area (Å²) in [6.45, 7) is 5.11. The molecule has 1 saturated heterocycles. The topological polar surface area (TPSA) is 50.2 Å². The van der Waals surface area contributed by atoms with Crippen molar-refractivity contribution in [3.63, 3.8) is 0 Å². The minimum absolute atomic E-state index is 0.214. The van der Waals surface area contributed by atoms with Crippen molar-refractivity contribution in [1.82, 2.24) is 14.7 Å². The van der Waals surface area contributed by atoms with Crippen LogP contribution in [0.2, 0.25) is 5.02 Å². The van der Waals surface area contributed by atoms with E-state index in [2.05, 4.69) is 46.5 Å². The van der Waals surface area contributed by atoms with E-state index in [1.807, 2.05) is 22.9 Å². The Morgan fingerprint density at radius 3 is 2.55 bits per heavy atom. The van der Waals surface area contributed by atoms with E-state index in [-0.39, 0.29) is 11.9 Å². The third-order valence-electron chi connectivity index (χ3n) is 5.46. The lowest BCUT2D eigenvalue weighted by Crippen LogP contribution is -2.35. The molecule has 0 radical (unpaired) electrons. The lowest BCUT2D eigenvalue weighted by Gasteiger charge is -2.32. The van der Waals surface area contributed by atoms with Gasteiger partial charge in [0.05, 0.1) is 22.8 Å². The Balaban J connectivity index is 1.37. The first kappa shape index (κ1) is 19.7. The largest absolute Gasteiger partial charge is 0.307 e. The fourth-order valence-electron chi connectivity index (χ4n) is 3.81. The smallest absolute Gasteiger partial charge is 0.258 e. The van der Waals surface area contributed by atoms with Crippen molar-refractivity contribution >= 4 is 23.3 Å². The van der Waals surface area contributed by atoms with Gasteiger partial charge in [-0.3, -0.25) is 9.69 Å². The van der Waals surface area contributed by atoms with Crippen LogP contribution in [0.15, 0.2) is 60.8 Å². The van der Waals surface area contributed by atoms with E-state index >= 15 is 0 Å². The van der Waals surface area contributed by atoms with Crippen LogP contribution in [-0.2, 0) is 6.54 Å². The van der Waals surface area contributed by atoms with E-state index in [9.17, 15) is 4.79 Å². The number of aromatic nitrogens is 2. The summed E-state index contributed by atoms with van der Waals surface area (Å²) in [5.41, 5.74) is 3.10. The summed E-state index contributed by atoms with van der Waals surface area (Å²) in [7, 11) is 0. The fraction of sp³-hybridized carbons (Fsp3) is 0.304. The number of likely N-dealkylation sites (tertiary alicyclic amines) is 1. The van der Waals surface area contributed by atoms with Gasteiger partial charge in [0.2, 0.25) is 0 Å². The first-order chi connectivity index (χ1) is 14.1. The predicted molar refractivity (Wildman–Crippen MR) is 116 cm³/mol. The Labute approximate surface area is 176 Å². The number of hydrogen-bond donors (Lipinski definition) is 1. The van der Waals surface area contributed by atoms with Crippen LogP contribution in [-0.4, -0.2) is 33.7 Å². The van der Waals surface area contributed by atoms with E-state index in [4.69, 9.17) is 11.6 Å². The Bertz CT molecular complexity index is 975. The number of hydrogen-bond acceptors (Lipinski definition) is 3. The van der Waals surface area contributed by atoms with Gasteiger partial charge in [-0.2, -0.15) is 5.10 Å². The number of amides is 1. The summed E-state index contributed by atoms with van der Waals surface area (Å²) in [5, 5.41) is 7.89. The molecule has 0 bridgehead atoms. The van der Waals surface area contributed by atoms with Crippen molar-refractivity contribution in [3.8, 4) is 0 Å². The number of rotatable bonds is 5. The number of benzene rings is 2. The zero-order chi connectivity index (χ0) is 20.2. The number of piperidine rings is 1. The summed E-state index contributed by atoms with van der Waals surface area (Å²) in [4.78, 5) is 15.1. The van der Waals surface area contributed by atoms with Crippen molar-refractivity contribution in [3.05, 3.63) is 82.5 Å². The second-order valence-electron chi connectivity index (χ2n) is 7.59. The number of carbonyl (C=O) groups excluding carboxylic acids is 1. The number of halogens is 1. The quantitative estimate of drug-likeness (QED) is 0.650. The molecule has 0 saturated carbocycles. The van der Waals surface area contributed by atoms with Crippen molar-refractivity contribution in [2.24, 2.45) is 0 Å². The summed E-state index contributed by atoms with van der Waals surface area (Å²) in [6.07, 6.45) is 3.74. The van der Waals surface area contributed by atoms with E-state index in [0.29, 0.717) is 16.4 Å². The normalized spacial score (nSPS) is 15.4. The molecule has 6 heteroatoms. The van der Waals surface area contributed by atoms with Gasteiger partial charge in [0.25, 0.3) is 5.91 Å². The maximum absolute atomic E-state index is 12.6. The molecule has 1 aliphatic heterocycles. The molecule has 0 unspecified atom stereocenters. The molecule has 1 fully saturated rings. The second kappa shape index (κ2) is 8.80. The minimum atomic E-state index is -0.214. The summed E-state index contributed by atoms with van der Waals surface area (Å²) in [6, 6.07) is 17.9. The fourth-order valence-corrected chi connectivity index (χ4v) is 4.03. The standard InChI is InChI=1S/C23H25ClN4O/c1-17-6-8-18(9-7-17)16-27-14-11-19(12-15-27)28-22(10-13-25-28)26-23(29)20-4-2-3-5-21(20)24/h2-10,13,19H,11-12,14-16H2,1H3,(H,26,29). The molecule has 29 heavy (non-hydrogen) atoms. The first-order valence-electron chi connectivity index (χ1n) is 9.97. The van der Waals surface area contributed by atoms with E-state index in [1.54, 1.807) is 18.3 Å². The monoisotopic (exact) mass is 408 g/mol. The van der Waals surface area contributed by atoms with Gasteiger partial charge in [-0.05, 0) is 37.5 Å². The highest BCUT2D eigenvalue weighted by Crippen LogP contribution is 2.27.